The number of anilines is 1. The van der Waals surface area contributed by atoms with Crippen molar-refractivity contribution in [3.05, 3.63) is 65.7 Å². The molecule has 0 bridgehead atoms. The van der Waals surface area contributed by atoms with Crippen molar-refractivity contribution in [3.8, 4) is 17.6 Å². The van der Waals surface area contributed by atoms with E-state index in [-0.39, 0.29) is 17.1 Å². The van der Waals surface area contributed by atoms with Gasteiger partial charge in [0.05, 0.1) is 19.6 Å². The second-order valence-corrected chi connectivity index (χ2v) is 6.02. The van der Waals surface area contributed by atoms with Crippen LogP contribution in [0.3, 0.4) is 0 Å². The zero-order valence-corrected chi connectivity index (χ0v) is 15.1. The molecule has 1 aromatic carbocycles. The molecule has 28 heavy (non-hydrogen) atoms. The molecule has 3 heterocycles. The zero-order valence-electron chi connectivity index (χ0n) is 15.1. The van der Waals surface area contributed by atoms with Gasteiger partial charge in [0, 0.05) is 5.39 Å². The highest BCUT2D eigenvalue weighted by Gasteiger charge is 2.19. The number of ether oxygens (including phenoxy) is 1. The number of fused-ring (bicyclic) bond motifs is 1. The summed E-state index contributed by atoms with van der Waals surface area (Å²) in [5.74, 6) is 0.923. The molecule has 0 aliphatic rings. The van der Waals surface area contributed by atoms with Crippen molar-refractivity contribution in [1.82, 2.24) is 14.8 Å². The van der Waals surface area contributed by atoms with E-state index < -0.39 is 5.91 Å². The summed E-state index contributed by atoms with van der Waals surface area (Å²) in [7, 11) is 1.58. The lowest BCUT2D eigenvalue weighted by Crippen LogP contribution is -2.16. The molecule has 0 atom stereocenters. The molecule has 1 N–H and O–H groups in total. The van der Waals surface area contributed by atoms with Crippen LogP contribution in [0.15, 0.2) is 53.3 Å². The second kappa shape index (κ2) is 6.89. The van der Waals surface area contributed by atoms with Gasteiger partial charge in [-0.15, -0.1) is 0 Å². The van der Waals surface area contributed by atoms with Gasteiger partial charge in [0.2, 0.25) is 0 Å². The van der Waals surface area contributed by atoms with Crippen LogP contribution in [0.5, 0.6) is 5.75 Å². The van der Waals surface area contributed by atoms with Gasteiger partial charge < -0.3 is 14.5 Å². The van der Waals surface area contributed by atoms with Gasteiger partial charge in [-0.25, -0.2) is 4.98 Å². The van der Waals surface area contributed by atoms with Gasteiger partial charge in [-0.3, -0.25) is 4.79 Å². The van der Waals surface area contributed by atoms with E-state index in [1.165, 1.54) is 23.2 Å². The number of hydrogen-bond acceptors (Lipinski definition) is 6. The van der Waals surface area contributed by atoms with Gasteiger partial charge in [0.1, 0.15) is 22.9 Å². The van der Waals surface area contributed by atoms with Crippen molar-refractivity contribution in [2.24, 2.45) is 0 Å². The molecule has 0 saturated carbocycles. The first-order chi connectivity index (χ1) is 13.6. The van der Waals surface area contributed by atoms with Crippen LogP contribution < -0.4 is 10.1 Å². The normalized spacial score (nSPS) is 10.6. The Morgan fingerprint density at radius 2 is 2.18 bits per heavy atom. The molecule has 4 rings (SSSR count). The highest BCUT2D eigenvalue weighted by molar-refractivity contribution is 6.02. The van der Waals surface area contributed by atoms with Gasteiger partial charge in [0.25, 0.3) is 5.91 Å². The average Bonchev–Trinajstić information content (AvgIpc) is 3.37. The molecule has 0 aliphatic heterocycles. The number of nitriles is 1. The van der Waals surface area contributed by atoms with E-state index in [1.54, 1.807) is 13.2 Å². The number of carbonyl (C=O) groups excluding carboxylic acids is 1. The van der Waals surface area contributed by atoms with Crippen LogP contribution in [-0.2, 0) is 0 Å². The van der Waals surface area contributed by atoms with Crippen molar-refractivity contribution >= 4 is 22.6 Å². The fraction of sp³-hybridized carbons (Fsp3) is 0.100. The summed E-state index contributed by atoms with van der Waals surface area (Å²) in [4.78, 5) is 17.1. The largest absolute Gasteiger partial charge is 0.494 e. The van der Waals surface area contributed by atoms with E-state index in [2.05, 4.69) is 15.4 Å². The minimum atomic E-state index is -0.488. The standard InChI is InChI=1S/C20H15N5O3/c1-12-9-17(23-18-14(12)5-3-6-15(18)27-2)25-19(13(10-21)11-22-25)24-20(26)16-7-4-8-28-16/h3-9,11H,1-2H3,(H,24,26). The van der Waals surface area contributed by atoms with Gasteiger partial charge >= 0.3 is 0 Å². The number of nitrogens with zero attached hydrogens (tertiary/aromatic N) is 4. The van der Waals surface area contributed by atoms with Gasteiger partial charge in [-0.2, -0.15) is 15.0 Å². The molecule has 0 radical (unpaired) electrons. The first kappa shape index (κ1) is 17.3. The molecule has 4 aromatic rings. The molecule has 8 heteroatoms. The minimum absolute atomic E-state index is 0.126. The Morgan fingerprint density at radius 3 is 2.89 bits per heavy atom. The number of rotatable bonds is 4. The number of para-hydroxylation sites is 1. The van der Waals surface area contributed by atoms with E-state index in [1.807, 2.05) is 37.3 Å². The van der Waals surface area contributed by atoms with E-state index in [4.69, 9.17) is 9.15 Å². The molecule has 0 saturated heterocycles. The van der Waals surface area contributed by atoms with Crippen molar-refractivity contribution in [2.75, 3.05) is 12.4 Å². The van der Waals surface area contributed by atoms with Gasteiger partial charge in [-0.1, -0.05) is 12.1 Å². The van der Waals surface area contributed by atoms with Crippen LogP contribution in [0.1, 0.15) is 21.7 Å². The number of carbonyl (C=O) groups is 1. The molecule has 0 unspecified atom stereocenters. The Morgan fingerprint density at radius 1 is 1.32 bits per heavy atom. The van der Waals surface area contributed by atoms with E-state index in [9.17, 15) is 10.1 Å². The summed E-state index contributed by atoms with van der Waals surface area (Å²) >= 11 is 0. The first-order valence-corrected chi connectivity index (χ1v) is 8.40. The fourth-order valence-corrected chi connectivity index (χ4v) is 2.95. The molecule has 0 spiro atoms. The summed E-state index contributed by atoms with van der Waals surface area (Å²) in [5.41, 5.74) is 1.83. The number of aryl methyl sites for hydroxylation is 1. The molecule has 8 nitrogen and oxygen atoms in total. The SMILES string of the molecule is COc1cccc2c(C)cc(-n3ncc(C#N)c3NC(=O)c3ccco3)nc12. The van der Waals surface area contributed by atoms with E-state index in [0.717, 1.165) is 10.9 Å². The summed E-state index contributed by atoms with van der Waals surface area (Å²) in [6.07, 6.45) is 2.78. The van der Waals surface area contributed by atoms with Crippen LogP contribution >= 0.6 is 0 Å². The lowest BCUT2D eigenvalue weighted by molar-refractivity contribution is 0.0996. The van der Waals surface area contributed by atoms with Crippen LogP contribution in [0, 0.1) is 18.3 Å². The molecule has 138 valence electrons. The maximum atomic E-state index is 12.4. The Labute approximate surface area is 160 Å². The lowest BCUT2D eigenvalue weighted by atomic mass is 10.1. The number of furan rings is 1. The van der Waals surface area contributed by atoms with E-state index >= 15 is 0 Å². The fourth-order valence-electron chi connectivity index (χ4n) is 2.95. The Hall–Kier alpha value is -4.12. The molecular formula is C20H15N5O3. The van der Waals surface area contributed by atoms with E-state index in [0.29, 0.717) is 17.1 Å². The third-order valence-electron chi connectivity index (χ3n) is 4.30. The number of methoxy groups -OCH3 is 1. The second-order valence-electron chi connectivity index (χ2n) is 6.02. The smallest absolute Gasteiger partial charge is 0.292 e. The number of hydrogen-bond donors (Lipinski definition) is 1. The number of benzene rings is 1. The van der Waals surface area contributed by atoms with Crippen LogP contribution in [0.2, 0.25) is 0 Å². The quantitative estimate of drug-likeness (QED) is 0.587. The van der Waals surface area contributed by atoms with Crippen molar-refractivity contribution in [2.45, 2.75) is 6.92 Å². The van der Waals surface area contributed by atoms with Gasteiger partial charge in [0.15, 0.2) is 17.4 Å². The van der Waals surface area contributed by atoms with Crippen LogP contribution in [0.4, 0.5) is 5.82 Å². The monoisotopic (exact) mass is 373 g/mol. The summed E-state index contributed by atoms with van der Waals surface area (Å²) in [6, 6.07) is 12.7. The molecule has 1 amide bonds. The molecule has 0 aliphatic carbocycles. The predicted molar refractivity (Wildman–Crippen MR) is 102 cm³/mol. The number of pyridine rings is 1. The third-order valence-corrected chi connectivity index (χ3v) is 4.30. The summed E-state index contributed by atoms with van der Waals surface area (Å²) < 4.78 is 11.9. The maximum Gasteiger partial charge on any atom is 0.292 e. The van der Waals surface area contributed by atoms with Crippen LogP contribution in [0.25, 0.3) is 16.7 Å². The Balaban J connectivity index is 1.85. The minimum Gasteiger partial charge on any atom is -0.494 e. The average molecular weight is 373 g/mol. The highest BCUT2D eigenvalue weighted by Crippen LogP contribution is 2.29. The molecule has 3 aromatic heterocycles. The first-order valence-electron chi connectivity index (χ1n) is 8.40. The molecule has 0 fully saturated rings. The van der Waals surface area contributed by atoms with Gasteiger partial charge in [-0.05, 0) is 36.8 Å². The maximum absolute atomic E-state index is 12.4. The summed E-state index contributed by atoms with van der Waals surface area (Å²) in [5, 5.41) is 17.3. The highest BCUT2D eigenvalue weighted by atomic mass is 16.5. The molecular weight excluding hydrogens is 358 g/mol. The van der Waals surface area contributed by atoms with Crippen molar-refractivity contribution in [1.29, 1.82) is 5.26 Å². The zero-order chi connectivity index (χ0) is 19.7. The third kappa shape index (κ3) is 2.85. The Bertz CT molecular complexity index is 1220. The number of aromatic nitrogens is 3. The van der Waals surface area contributed by atoms with Crippen LogP contribution in [-0.4, -0.2) is 27.8 Å². The predicted octanol–water partition coefficient (Wildman–Crippen LogP) is 3.45. The number of nitrogens with one attached hydrogen (secondary N) is 1. The van der Waals surface area contributed by atoms with Crippen molar-refractivity contribution < 1.29 is 13.9 Å². The van der Waals surface area contributed by atoms with Crippen molar-refractivity contribution in [3.63, 3.8) is 0 Å². The topological polar surface area (TPSA) is 106 Å². The number of amides is 1. The summed E-state index contributed by atoms with van der Waals surface area (Å²) in [6.45, 7) is 1.95. The lowest BCUT2D eigenvalue weighted by Gasteiger charge is -2.12. The Kier molecular flexibility index (Phi) is 4.26.